The maximum atomic E-state index is 11.5. The zero-order valence-electron chi connectivity index (χ0n) is 11.1. The standard InChI is InChI=1S/C15H22N2O2/c16-14-8-5-13(6-9-14)7-10-15(19)17-11-3-1-2-4-12-18/h5-10,18H,1-4,11-12,16H2,(H,17,19)/b10-7+. The van der Waals surface area contributed by atoms with E-state index in [-0.39, 0.29) is 12.5 Å². The highest BCUT2D eigenvalue weighted by Gasteiger charge is 1.95. The summed E-state index contributed by atoms with van der Waals surface area (Å²) in [5.74, 6) is -0.0843. The fourth-order valence-electron chi connectivity index (χ4n) is 1.64. The number of nitrogen functional groups attached to an aromatic ring is 1. The van der Waals surface area contributed by atoms with E-state index in [0.717, 1.165) is 31.2 Å². The molecule has 4 heteroatoms. The summed E-state index contributed by atoms with van der Waals surface area (Å²) in [6, 6.07) is 7.35. The van der Waals surface area contributed by atoms with Crippen molar-refractivity contribution in [2.45, 2.75) is 25.7 Å². The minimum absolute atomic E-state index is 0.0843. The Morgan fingerprint density at radius 1 is 1.16 bits per heavy atom. The van der Waals surface area contributed by atoms with Gasteiger partial charge in [0.2, 0.25) is 5.91 Å². The molecule has 0 aliphatic heterocycles. The van der Waals surface area contributed by atoms with Gasteiger partial charge in [0, 0.05) is 24.9 Å². The van der Waals surface area contributed by atoms with Gasteiger partial charge in [-0.2, -0.15) is 0 Å². The maximum absolute atomic E-state index is 11.5. The lowest BCUT2D eigenvalue weighted by atomic mass is 10.2. The molecule has 0 aliphatic rings. The number of aliphatic hydroxyl groups is 1. The summed E-state index contributed by atoms with van der Waals surface area (Å²) >= 11 is 0. The molecule has 0 atom stereocenters. The van der Waals surface area contributed by atoms with E-state index in [0.29, 0.717) is 12.2 Å². The van der Waals surface area contributed by atoms with E-state index in [1.54, 1.807) is 18.2 Å². The molecule has 1 amide bonds. The van der Waals surface area contributed by atoms with Crippen LogP contribution < -0.4 is 11.1 Å². The molecule has 0 saturated carbocycles. The number of amides is 1. The topological polar surface area (TPSA) is 75.4 Å². The highest BCUT2D eigenvalue weighted by molar-refractivity contribution is 5.91. The maximum Gasteiger partial charge on any atom is 0.243 e. The van der Waals surface area contributed by atoms with Gasteiger partial charge in [0.05, 0.1) is 0 Å². The number of hydrogen-bond donors (Lipinski definition) is 3. The monoisotopic (exact) mass is 262 g/mol. The van der Waals surface area contributed by atoms with Gasteiger partial charge in [-0.25, -0.2) is 0 Å². The first-order valence-corrected chi connectivity index (χ1v) is 6.64. The van der Waals surface area contributed by atoms with Crippen molar-refractivity contribution in [3.63, 3.8) is 0 Å². The number of nitrogens with two attached hydrogens (primary N) is 1. The number of rotatable bonds is 8. The lowest BCUT2D eigenvalue weighted by molar-refractivity contribution is -0.116. The molecular formula is C15H22N2O2. The van der Waals surface area contributed by atoms with E-state index < -0.39 is 0 Å². The van der Waals surface area contributed by atoms with Crippen LogP contribution in [0.4, 0.5) is 5.69 Å². The minimum atomic E-state index is -0.0843. The Hall–Kier alpha value is -1.81. The average molecular weight is 262 g/mol. The minimum Gasteiger partial charge on any atom is -0.399 e. The number of unbranched alkanes of at least 4 members (excludes halogenated alkanes) is 3. The quantitative estimate of drug-likeness (QED) is 0.381. The number of hydrogen-bond acceptors (Lipinski definition) is 3. The number of nitrogens with one attached hydrogen (secondary N) is 1. The Kier molecular flexibility index (Phi) is 7.35. The lowest BCUT2D eigenvalue weighted by Crippen LogP contribution is -2.21. The van der Waals surface area contributed by atoms with E-state index in [9.17, 15) is 4.79 Å². The summed E-state index contributed by atoms with van der Waals surface area (Å²) in [6.45, 7) is 0.924. The SMILES string of the molecule is Nc1ccc(/C=C/C(=O)NCCCCCCO)cc1. The van der Waals surface area contributed by atoms with Gasteiger partial charge in [0.1, 0.15) is 0 Å². The third-order valence-electron chi connectivity index (χ3n) is 2.75. The van der Waals surface area contributed by atoms with Crippen LogP contribution in [0.1, 0.15) is 31.2 Å². The molecule has 0 unspecified atom stereocenters. The highest BCUT2D eigenvalue weighted by Crippen LogP contribution is 2.06. The Morgan fingerprint density at radius 2 is 1.84 bits per heavy atom. The molecule has 0 spiro atoms. The van der Waals surface area contributed by atoms with E-state index >= 15 is 0 Å². The van der Waals surface area contributed by atoms with Crippen molar-refractivity contribution >= 4 is 17.7 Å². The van der Waals surface area contributed by atoms with Gasteiger partial charge in [-0.05, 0) is 36.6 Å². The predicted molar refractivity (Wildman–Crippen MR) is 78.5 cm³/mol. The predicted octanol–water partition coefficient (Wildman–Crippen LogP) is 1.95. The summed E-state index contributed by atoms with van der Waals surface area (Å²) in [4.78, 5) is 11.5. The normalized spacial score (nSPS) is 10.8. The van der Waals surface area contributed by atoms with Crippen molar-refractivity contribution in [3.05, 3.63) is 35.9 Å². The van der Waals surface area contributed by atoms with Crippen molar-refractivity contribution in [3.8, 4) is 0 Å². The van der Waals surface area contributed by atoms with Crippen LogP contribution in [0.15, 0.2) is 30.3 Å². The molecule has 0 aliphatic carbocycles. The molecule has 1 rings (SSSR count). The number of anilines is 1. The molecule has 4 N–H and O–H groups in total. The van der Waals surface area contributed by atoms with Crippen LogP contribution in [0.25, 0.3) is 6.08 Å². The summed E-state index contributed by atoms with van der Waals surface area (Å²) < 4.78 is 0. The van der Waals surface area contributed by atoms with Crippen LogP contribution in [0.2, 0.25) is 0 Å². The third-order valence-corrected chi connectivity index (χ3v) is 2.75. The van der Waals surface area contributed by atoms with Crippen LogP contribution in [0.3, 0.4) is 0 Å². The molecule has 1 aromatic carbocycles. The Morgan fingerprint density at radius 3 is 2.53 bits per heavy atom. The highest BCUT2D eigenvalue weighted by atomic mass is 16.2. The Bertz CT molecular complexity index is 399. The van der Waals surface area contributed by atoms with Crippen LogP contribution in [0, 0.1) is 0 Å². The lowest BCUT2D eigenvalue weighted by Gasteiger charge is -2.01. The van der Waals surface area contributed by atoms with Gasteiger partial charge < -0.3 is 16.2 Å². The zero-order chi connectivity index (χ0) is 13.9. The van der Waals surface area contributed by atoms with Crippen LogP contribution >= 0.6 is 0 Å². The van der Waals surface area contributed by atoms with Gasteiger partial charge in [-0.3, -0.25) is 4.79 Å². The molecule has 0 bridgehead atoms. The first-order valence-electron chi connectivity index (χ1n) is 6.64. The third kappa shape index (κ3) is 7.26. The number of benzene rings is 1. The Labute approximate surface area is 114 Å². The fourth-order valence-corrected chi connectivity index (χ4v) is 1.64. The van der Waals surface area contributed by atoms with Gasteiger partial charge in [0.25, 0.3) is 0 Å². The van der Waals surface area contributed by atoms with Crippen molar-refractivity contribution < 1.29 is 9.90 Å². The van der Waals surface area contributed by atoms with E-state index in [4.69, 9.17) is 10.8 Å². The molecule has 0 aromatic heterocycles. The first kappa shape index (κ1) is 15.2. The molecule has 0 saturated heterocycles. The molecule has 19 heavy (non-hydrogen) atoms. The average Bonchev–Trinajstić information content (AvgIpc) is 2.42. The van der Waals surface area contributed by atoms with Crippen molar-refractivity contribution in [1.82, 2.24) is 5.32 Å². The van der Waals surface area contributed by atoms with Crippen LogP contribution in [-0.4, -0.2) is 24.2 Å². The van der Waals surface area contributed by atoms with Crippen molar-refractivity contribution in [2.24, 2.45) is 0 Å². The molecule has 4 nitrogen and oxygen atoms in total. The largest absolute Gasteiger partial charge is 0.399 e. The second-order valence-corrected chi connectivity index (χ2v) is 4.43. The van der Waals surface area contributed by atoms with Gasteiger partial charge >= 0.3 is 0 Å². The molecular weight excluding hydrogens is 240 g/mol. The first-order chi connectivity index (χ1) is 9.22. The summed E-state index contributed by atoms with van der Waals surface area (Å²) in [5, 5.41) is 11.4. The van der Waals surface area contributed by atoms with Gasteiger partial charge in [0.15, 0.2) is 0 Å². The smallest absolute Gasteiger partial charge is 0.243 e. The number of carbonyl (C=O) groups is 1. The molecule has 0 radical (unpaired) electrons. The van der Waals surface area contributed by atoms with E-state index in [1.165, 1.54) is 6.08 Å². The molecule has 104 valence electrons. The van der Waals surface area contributed by atoms with Crippen molar-refractivity contribution in [2.75, 3.05) is 18.9 Å². The van der Waals surface area contributed by atoms with Gasteiger partial charge in [-0.1, -0.05) is 25.0 Å². The van der Waals surface area contributed by atoms with Crippen LogP contribution in [0.5, 0.6) is 0 Å². The second kappa shape index (κ2) is 9.16. The second-order valence-electron chi connectivity index (χ2n) is 4.43. The molecule has 0 heterocycles. The Balaban J connectivity index is 2.18. The van der Waals surface area contributed by atoms with E-state index in [2.05, 4.69) is 5.32 Å². The number of aliphatic hydroxyl groups excluding tert-OH is 1. The zero-order valence-corrected chi connectivity index (χ0v) is 11.1. The molecule has 1 aromatic rings. The van der Waals surface area contributed by atoms with Crippen molar-refractivity contribution in [1.29, 1.82) is 0 Å². The summed E-state index contributed by atoms with van der Waals surface area (Å²) in [7, 11) is 0. The summed E-state index contributed by atoms with van der Waals surface area (Å²) in [6.07, 6.45) is 7.11. The van der Waals surface area contributed by atoms with Crippen LogP contribution in [-0.2, 0) is 4.79 Å². The van der Waals surface area contributed by atoms with E-state index in [1.807, 2.05) is 12.1 Å². The number of carbonyl (C=O) groups excluding carboxylic acids is 1. The summed E-state index contributed by atoms with van der Waals surface area (Å²) in [5.41, 5.74) is 7.24. The fraction of sp³-hybridized carbons (Fsp3) is 0.400. The van der Waals surface area contributed by atoms with Gasteiger partial charge in [-0.15, -0.1) is 0 Å². The molecule has 0 fully saturated rings.